The third-order valence-corrected chi connectivity index (χ3v) is 3.90. The SMILES string of the molecule is CCNC(=NCc1ccccc1CO)NCCCOC1CCOC1.I. The molecule has 1 aliphatic heterocycles. The van der Waals surface area contributed by atoms with Gasteiger partial charge in [0.15, 0.2) is 5.96 Å². The first-order valence-electron chi connectivity index (χ1n) is 8.72. The maximum absolute atomic E-state index is 9.37. The van der Waals surface area contributed by atoms with Crippen LogP contribution in [0.1, 0.15) is 30.9 Å². The van der Waals surface area contributed by atoms with Gasteiger partial charge >= 0.3 is 0 Å². The predicted octanol–water partition coefficient (Wildman–Crippen LogP) is 2.05. The third kappa shape index (κ3) is 8.35. The van der Waals surface area contributed by atoms with Gasteiger partial charge in [-0.25, -0.2) is 4.99 Å². The second kappa shape index (κ2) is 13.3. The van der Waals surface area contributed by atoms with Crippen LogP contribution >= 0.6 is 24.0 Å². The molecule has 0 aliphatic carbocycles. The van der Waals surface area contributed by atoms with Gasteiger partial charge in [-0.05, 0) is 30.9 Å². The van der Waals surface area contributed by atoms with Crippen molar-refractivity contribution in [2.45, 2.75) is 39.0 Å². The van der Waals surface area contributed by atoms with Crippen LogP contribution in [0.3, 0.4) is 0 Å². The zero-order valence-electron chi connectivity index (χ0n) is 14.9. The number of nitrogens with zero attached hydrogens (tertiary/aromatic N) is 1. The summed E-state index contributed by atoms with van der Waals surface area (Å²) in [7, 11) is 0. The molecule has 1 saturated heterocycles. The van der Waals surface area contributed by atoms with Crippen molar-refractivity contribution >= 4 is 29.9 Å². The second-order valence-electron chi connectivity index (χ2n) is 5.76. The van der Waals surface area contributed by atoms with Crippen LogP contribution in [0.15, 0.2) is 29.3 Å². The number of benzene rings is 1. The molecule has 0 amide bonds. The van der Waals surface area contributed by atoms with E-state index in [2.05, 4.69) is 15.6 Å². The Morgan fingerprint density at radius 3 is 2.80 bits per heavy atom. The zero-order chi connectivity index (χ0) is 17.0. The van der Waals surface area contributed by atoms with Gasteiger partial charge in [-0.1, -0.05) is 24.3 Å². The molecule has 3 N–H and O–H groups in total. The summed E-state index contributed by atoms with van der Waals surface area (Å²) in [6.07, 6.45) is 2.19. The lowest BCUT2D eigenvalue weighted by Gasteiger charge is -2.13. The summed E-state index contributed by atoms with van der Waals surface area (Å²) in [6, 6.07) is 7.82. The molecular weight excluding hydrogens is 433 g/mol. The molecule has 1 aliphatic rings. The molecule has 6 nitrogen and oxygen atoms in total. The molecule has 0 saturated carbocycles. The largest absolute Gasteiger partial charge is 0.392 e. The molecule has 2 rings (SSSR count). The minimum atomic E-state index is 0. The Morgan fingerprint density at radius 1 is 1.32 bits per heavy atom. The molecular formula is C18H30IN3O3. The summed E-state index contributed by atoms with van der Waals surface area (Å²) in [5.74, 6) is 0.787. The smallest absolute Gasteiger partial charge is 0.191 e. The molecule has 1 aromatic rings. The monoisotopic (exact) mass is 463 g/mol. The lowest BCUT2D eigenvalue weighted by atomic mass is 10.1. The maximum Gasteiger partial charge on any atom is 0.191 e. The fourth-order valence-electron chi connectivity index (χ4n) is 2.55. The summed E-state index contributed by atoms with van der Waals surface area (Å²) in [6.45, 7) is 6.51. The molecule has 0 aromatic heterocycles. The van der Waals surface area contributed by atoms with Crippen LogP contribution in [0, 0.1) is 0 Å². The number of aliphatic hydroxyl groups is 1. The van der Waals surface area contributed by atoms with Crippen molar-refractivity contribution in [1.29, 1.82) is 0 Å². The highest BCUT2D eigenvalue weighted by Crippen LogP contribution is 2.10. The molecule has 1 fully saturated rings. The number of ether oxygens (including phenoxy) is 2. The summed E-state index contributed by atoms with van der Waals surface area (Å²) >= 11 is 0. The van der Waals surface area contributed by atoms with E-state index in [1.165, 1.54) is 0 Å². The van der Waals surface area contributed by atoms with Gasteiger partial charge in [-0.3, -0.25) is 0 Å². The standard InChI is InChI=1S/C18H29N3O3.HI/c1-2-19-18(20-9-5-10-24-17-8-11-23-14-17)21-12-15-6-3-4-7-16(15)13-22;/h3-4,6-7,17,22H,2,5,8-14H2,1H3,(H2,19,20,21);1H. The van der Waals surface area contributed by atoms with Gasteiger partial charge in [0.1, 0.15) is 0 Å². The van der Waals surface area contributed by atoms with Gasteiger partial charge in [0.05, 0.1) is 25.9 Å². The predicted molar refractivity (Wildman–Crippen MR) is 110 cm³/mol. The van der Waals surface area contributed by atoms with Crippen molar-refractivity contribution in [3.05, 3.63) is 35.4 Å². The molecule has 1 atom stereocenters. The Balaban J connectivity index is 0.00000312. The van der Waals surface area contributed by atoms with E-state index in [9.17, 15) is 5.11 Å². The number of hydrogen-bond acceptors (Lipinski definition) is 4. The summed E-state index contributed by atoms with van der Waals surface area (Å²) in [4.78, 5) is 4.59. The van der Waals surface area contributed by atoms with Crippen LogP contribution in [0.4, 0.5) is 0 Å². The van der Waals surface area contributed by atoms with E-state index in [1.807, 2.05) is 31.2 Å². The van der Waals surface area contributed by atoms with E-state index < -0.39 is 0 Å². The van der Waals surface area contributed by atoms with E-state index in [0.29, 0.717) is 6.54 Å². The Labute approximate surface area is 167 Å². The van der Waals surface area contributed by atoms with Crippen molar-refractivity contribution in [3.8, 4) is 0 Å². The number of aliphatic hydroxyl groups excluding tert-OH is 1. The topological polar surface area (TPSA) is 75.1 Å². The van der Waals surface area contributed by atoms with E-state index in [-0.39, 0.29) is 36.7 Å². The molecule has 1 aromatic carbocycles. The van der Waals surface area contributed by atoms with Crippen molar-refractivity contribution < 1.29 is 14.6 Å². The third-order valence-electron chi connectivity index (χ3n) is 3.90. The van der Waals surface area contributed by atoms with Crippen molar-refractivity contribution in [2.24, 2.45) is 4.99 Å². The summed E-state index contributed by atoms with van der Waals surface area (Å²) in [5.41, 5.74) is 1.96. The minimum absolute atomic E-state index is 0. The van der Waals surface area contributed by atoms with E-state index in [0.717, 1.165) is 62.8 Å². The number of nitrogens with one attached hydrogen (secondary N) is 2. The summed E-state index contributed by atoms with van der Waals surface area (Å²) < 4.78 is 11.0. The number of rotatable bonds is 9. The van der Waals surface area contributed by atoms with Gasteiger partial charge in [0.2, 0.25) is 0 Å². The first-order chi connectivity index (χ1) is 11.8. The first-order valence-corrected chi connectivity index (χ1v) is 8.72. The van der Waals surface area contributed by atoms with Crippen LogP contribution in [0.2, 0.25) is 0 Å². The van der Waals surface area contributed by atoms with Crippen LogP contribution < -0.4 is 10.6 Å². The minimum Gasteiger partial charge on any atom is -0.392 e. The molecule has 1 unspecified atom stereocenters. The van der Waals surface area contributed by atoms with Gasteiger partial charge in [0, 0.05) is 26.3 Å². The molecule has 7 heteroatoms. The second-order valence-corrected chi connectivity index (χ2v) is 5.76. The Bertz CT molecular complexity index is 508. The lowest BCUT2D eigenvalue weighted by molar-refractivity contribution is 0.0420. The van der Waals surface area contributed by atoms with Gasteiger partial charge in [-0.2, -0.15) is 0 Å². The lowest BCUT2D eigenvalue weighted by Crippen LogP contribution is -2.38. The highest BCUT2D eigenvalue weighted by molar-refractivity contribution is 14.0. The van der Waals surface area contributed by atoms with E-state index in [4.69, 9.17) is 9.47 Å². The number of hydrogen-bond donors (Lipinski definition) is 3. The van der Waals surface area contributed by atoms with Crippen LogP contribution in [-0.4, -0.2) is 50.1 Å². The van der Waals surface area contributed by atoms with Crippen molar-refractivity contribution in [2.75, 3.05) is 32.9 Å². The zero-order valence-corrected chi connectivity index (χ0v) is 17.2. The Hall–Kier alpha value is -0.900. The summed E-state index contributed by atoms with van der Waals surface area (Å²) in [5, 5.41) is 15.9. The number of guanidine groups is 1. The molecule has 25 heavy (non-hydrogen) atoms. The fraction of sp³-hybridized carbons (Fsp3) is 0.611. The highest BCUT2D eigenvalue weighted by Gasteiger charge is 2.15. The van der Waals surface area contributed by atoms with Crippen LogP contribution in [0.25, 0.3) is 0 Å². The molecule has 1 heterocycles. The van der Waals surface area contributed by atoms with Crippen molar-refractivity contribution in [3.63, 3.8) is 0 Å². The highest BCUT2D eigenvalue weighted by atomic mass is 127. The van der Waals surface area contributed by atoms with Crippen molar-refractivity contribution in [1.82, 2.24) is 10.6 Å². The molecule has 0 spiro atoms. The van der Waals surface area contributed by atoms with E-state index >= 15 is 0 Å². The molecule has 142 valence electrons. The number of aliphatic imine (C=N–C) groups is 1. The van der Waals surface area contributed by atoms with Crippen LogP contribution in [0.5, 0.6) is 0 Å². The maximum atomic E-state index is 9.37. The normalized spacial score (nSPS) is 17.2. The quantitative estimate of drug-likeness (QED) is 0.226. The average Bonchev–Trinajstić information content (AvgIpc) is 3.13. The van der Waals surface area contributed by atoms with Gasteiger partial charge in [0.25, 0.3) is 0 Å². The average molecular weight is 463 g/mol. The first kappa shape index (κ1) is 22.1. The Morgan fingerprint density at radius 2 is 2.12 bits per heavy atom. The molecule has 0 radical (unpaired) electrons. The molecule has 0 bridgehead atoms. The van der Waals surface area contributed by atoms with E-state index in [1.54, 1.807) is 0 Å². The van der Waals surface area contributed by atoms with Crippen LogP contribution in [-0.2, 0) is 22.6 Å². The number of halogens is 1. The fourth-order valence-corrected chi connectivity index (χ4v) is 2.55. The Kier molecular flexibility index (Phi) is 11.8. The van der Waals surface area contributed by atoms with Gasteiger partial charge in [-0.15, -0.1) is 24.0 Å². The van der Waals surface area contributed by atoms with Gasteiger partial charge < -0.3 is 25.2 Å².